The molecule has 0 aromatic heterocycles. The third kappa shape index (κ3) is 3.48. The van der Waals surface area contributed by atoms with Crippen LogP contribution in [0.3, 0.4) is 0 Å². The minimum absolute atomic E-state index is 0.00690. The van der Waals surface area contributed by atoms with Crippen molar-refractivity contribution in [1.82, 2.24) is 4.90 Å². The first-order valence-electron chi connectivity index (χ1n) is 7.17. The fourth-order valence-electron chi connectivity index (χ4n) is 2.83. The Bertz CT molecular complexity index is 311. The Kier molecular flexibility index (Phi) is 5.65. The normalized spacial score (nSPS) is 25.6. The van der Waals surface area contributed by atoms with Gasteiger partial charge in [0.05, 0.1) is 6.07 Å². The first-order chi connectivity index (χ1) is 8.51. The first-order valence-corrected chi connectivity index (χ1v) is 7.17. The number of hydrogen-bond donors (Lipinski definition) is 0. The van der Waals surface area contributed by atoms with Gasteiger partial charge in [-0.05, 0) is 37.5 Å². The molecule has 1 aliphatic carbocycles. The fourth-order valence-corrected chi connectivity index (χ4v) is 2.83. The third-order valence-electron chi connectivity index (χ3n) is 4.36. The maximum atomic E-state index is 12.3. The lowest BCUT2D eigenvalue weighted by Crippen LogP contribution is -2.43. The van der Waals surface area contributed by atoms with Crippen LogP contribution in [0.2, 0.25) is 0 Å². The van der Waals surface area contributed by atoms with E-state index in [1.165, 1.54) is 19.3 Å². The van der Waals surface area contributed by atoms with Gasteiger partial charge in [0, 0.05) is 13.1 Å². The second-order valence-electron chi connectivity index (χ2n) is 5.88. The third-order valence-corrected chi connectivity index (χ3v) is 4.36. The van der Waals surface area contributed by atoms with Gasteiger partial charge in [-0.1, -0.05) is 27.2 Å². The van der Waals surface area contributed by atoms with Crippen molar-refractivity contribution in [3.05, 3.63) is 0 Å². The summed E-state index contributed by atoms with van der Waals surface area (Å²) >= 11 is 0. The Morgan fingerprint density at radius 3 is 2.28 bits per heavy atom. The fraction of sp³-hybridized carbons (Fsp3) is 0.867. The Morgan fingerprint density at radius 2 is 1.89 bits per heavy atom. The summed E-state index contributed by atoms with van der Waals surface area (Å²) in [4.78, 5) is 14.1. The number of carbonyl (C=O) groups excluding carboxylic acids is 1. The van der Waals surface area contributed by atoms with Crippen LogP contribution in [0, 0.1) is 29.1 Å². The molecule has 18 heavy (non-hydrogen) atoms. The van der Waals surface area contributed by atoms with Crippen molar-refractivity contribution in [3.8, 4) is 6.07 Å². The molecule has 3 heteroatoms. The van der Waals surface area contributed by atoms with Crippen LogP contribution in [0.25, 0.3) is 0 Å². The van der Waals surface area contributed by atoms with Gasteiger partial charge < -0.3 is 4.90 Å². The maximum Gasteiger partial charge on any atom is 0.240 e. The largest absolute Gasteiger partial charge is 0.342 e. The van der Waals surface area contributed by atoms with Crippen LogP contribution in [-0.2, 0) is 4.79 Å². The molecule has 0 aromatic rings. The summed E-state index contributed by atoms with van der Waals surface area (Å²) in [6.07, 6.45) is 5.88. The van der Waals surface area contributed by atoms with Crippen molar-refractivity contribution in [3.63, 3.8) is 0 Å². The van der Waals surface area contributed by atoms with Crippen LogP contribution in [-0.4, -0.2) is 23.9 Å². The topological polar surface area (TPSA) is 44.1 Å². The number of carbonyl (C=O) groups is 1. The summed E-state index contributed by atoms with van der Waals surface area (Å²) in [6.45, 7) is 6.12. The molecule has 0 radical (unpaired) electrons. The Balaban J connectivity index is 2.57. The monoisotopic (exact) mass is 250 g/mol. The molecule has 0 saturated heterocycles. The molecule has 0 aromatic carbocycles. The highest BCUT2D eigenvalue weighted by Gasteiger charge is 2.31. The second-order valence-corrected chi connectivity index (χ2v) is 5.88. The molecule has 102 valence electrons. The van der Waals surface area contributed by atoms with Gasteiger partial charge in [0.25, 0.3) is 0 Å². The number of nitrogens with zero attached hydrogens (tertiary/aromatic N) is 2. The lowest BCUT2D eigenvalue weighted by atomic mass is 9.83. The Hall–Kier alpha value is -1.04. The van der Waals surface area contributed by atoms with Crippen LogP contribution in [0.1, 0.15) is 52.9 Å². The summed E-state index contributed by atoms with van der Waals surface area (Å²) in [6, 6.07) is 2.49. The van der Waals surface area contributed by atoms with Gasteiger partial charge in [-0.2, -0.15) is 5.26 Å². The number of rotatable bonds is 4. The van der Waals surface area contributed by atoms with E-state index in [2.05, 4.69) is 13.0 Å². The summed E-state index contributed by atoms with van der Waals surface area (Å²) < 4.78 is 0. The highest BCUT2D eigenvalue weighted by atomic mass is 16.2. The maximum absolute atomic E-state index is 12.3. The van der Waals surface area contributed by atoms with Gasteiger partial charge >= 0.3 is 0 Å². The molecule has 1 rings (SSSR count). The highest BCUT2D eigenvalue weighted by molar-refractivity contribution is 5.81. The van der Waals surface area contributed by atoms with Gasteiger partial charge in [-0.15, -0.1) is 0 Å². The number of nitriles is 1. The molecule has 0 heterocycles. The molecule has 0 spiro atoms. The zero-order chi connectivity index (χ0) is 13.7. The second kappa shape index (κ2) is 6.78. The lowest BCUT2D eigenvalue weighted by Gasteiger charge is -2.35. The molecule has 0 N–H and O–H groups in total. The van der Waals surface area contributed by atoms with Crippen molar-refractivity contribution < 1.29 is 4.79 Å². The van der Waals surface area contributed by atoms with Crippen molar-refractivity contribution in [1.29, 1.82) is 5.26 Å². The van der Waals surface area contributed by atoms with Crippen LogP contribution in [0.5, 0.6) is 0 Å². The summed E-state index contributed by atoms with van der Waals surface area (Å²) in [5.41, 5.74) is 0. The van der Waals surface area contributed by atoms with Gasteiger partial charge in [0.15, 0.2) is 0 Å². The summed E-state index contributed by atoms with van der Waals surface area (Å²) in [7, 11) is 1.87. The van der Waals surface area contributed by atoms with Crippen molar-refractivity contribution in [2.75, 3.05) is 7.05 Å². The average molecular weight is 250 g/mol. The molecule has 1 aliphatic rings. The van der Waals surface area contributed by atoms with E-state index in [9.17, 15) is 4.79 Å². The molecule has 1 unspecified atom stereocenters. The van der Waals surface area contributed by atoms with Gasteiger partial charge in [-0.25, -0.2) is 0 Å². The molecule has 0 bridgehead atoms. The smallest absolute Gasteiger partial charge is 0.240 e. The van der Waals surface area contributed by atoms with E-state index in [-0.39, 0.29) is 11.8 Å². The highest BCUT2D eigenvalue weighted by Crippen LogP contribution is 2.29. The SMILES string of the molecule is CCC1CCC(N(C)C(=O)C(C#N)C(C)C)CC1. The quantitative estimate of drug-likeness (QED) is 0.769. The van der Waals surface area contributed by atoms with Crippen molar-refractivity contribution >= 4 is 5.91 Å². The number of amides is 1. The van der Waals surface area contributed by atoms with Crippen LogP contribution in [0.15, 0.2) is 0 Å². The van der Waals surface area contributed by atoms with Gasteiger partial charge in [-0.3, -0.25) is 4.79 Å². The zero-order valence-electron chi connectivity index (χ0n) is 12.1. The van der Waals surface area contributed by atoms with E-state index < -0.39 is 5.92 Å². The molecular formula is C15H26N2O. The predicted octanol–water partition coefficient (Wildman–Crippen LogP) is 3.21. The molecule has 1 amide bonds. The van der Waals surface area contributed by atoms with Crippen LogP contribution >= 0.6 is 0 Å². The Morgan fingerprint density at radius 1 is 1.33 bits per heavy atom. The molecule has 3 nitrogen and oxygen atoms in total. The van der Waals surface area contributed by atoms with Crippen LogP contribution in [0.4, 0.5) is 0 Å². The first kappa shape index (κ1) is 15.0. The number of hydrogen-bond acceptors (Lipinski definition) is 2. The summed E-state index contributed by atoms with van der Waals surface area (Å²) in [5, 5.41) is 9.10. The van der Waals surface area contributed by atoms with Crippen molar-refractivity contribution in [2.45, 2.75) is 58.9 Å². The van der Waals surface area contributed by atoms with E-state index in [4.69, 9.17) is 5.26 Å². The van der Waals surface area contributed by atoms with E-state index in [1.54, 1.807) is 0 Å². The average Bonchev–Trinajstić information content (AvgIpc) is 2.38. The van der Waals surface area contributed by atoms with Crippen molar-refractivity contribution in [2.24, 2.45) is 17.8 Å². The molecular weight excluding hydrogens is 224 g/mol. The van der Waals surface area contributed by atoms with E-state index >= 15 is 0 Å². The van der Waals surface area contributed by atoms with E-state index in [0.29, 0.717) is 6.04 Å². The van der Waals surface area contributed by atoms with Gasteiger partial charge in [0.1, 0.15) is 5.92 Å². The molecule has 1 atom stereocenters. The summed E-state index contributed by atoms with van der Waals surface area (Å²) in [5.74, 6) is 0.449. The molecule has 0 aliphatic heterocycles. The van der Waals surface area contributed by atoms with Crippen LogP contribution < -0.4 is 0 Å². The minimum Gasteiger partial charge on any atom is -0.342 e. The molecule has 1 saturated carbocycles. The Labute approximate surface area is 111 Å². The zero-order valence-corrected chi connectivity index (χ0v) is 12.1. The lowest BCUT2D eigenvalue weighted by molar-refractivity contribution is -0.136. The van der Waals surface area contributed by atoms with E-state index in [0.717, 1.165) is 18.8 Å². The molecule has 1 fully saturated rings. The minimum atomic E-state index is -0.487. The van der Waals surface area contributed by atoms with Gasteiger partial charge in [0.2, 0.25) is 5.91 Å². The van der Waals surface area contributed by atoms with E-state index in [1.807, 2.05) is 25.8 Å². The predicted molar refractivity (Wildman–Crippen MR) is 72.7 cm³/mol. The standard InChI is InChI=1S/C15H26N2O/c1-5-12-6-8-13(9-7-12)17(4)15(18)14(10-16)11(2)3/h11-14H,5-9H2,1-4H3.